The summed E-state index contributed by atoms with van der Waals surface area (Å²) < 4.78 is 2.43. The molecular weight excluding hydrogens is 615 g/mol. The predicted molar refractivity (Wildman–Crippen MR) is 205 cm³/mol. The SMILES string of the molecule is c1ccc(-c2cccc(-c3cccc(-c4nc(-c5cccc(-c6ccccc6)c5)nc(-c5cccc6c5sc5ccccc56)n4)c3)c2)cc1. The molecule has 3 nitrogen and oxygen atoms in total. The number of hydrogen-bond donors (Lipinski definition) is 0. The van der Waals surface area contributed by atoms with Gasteiger partial charge in [-0.1, -0.05) is 146 Å². The highest BCUT2D eigenvalue weighted by molar-refractivity contribution is 7.26. The molecule has 0 aliphatic carbocycles. The molecule has 0 aliphatic rings. The average molecular weight is 644 g/mol. The third kappa shape index (κ3) is 5.58. The molecule has 4 heteroatoms. The quantitative estimate of drug-likeness (QED) is 0.181. The van der Waals surface area contributed by atoms with Crippen molar-refractivity contribution in [1.82, 2.24) is 15.0 Å². The minimum atomic E-state index is 0.643. The first-order valence-corrected chi connectivity index (χ1v) is 17.2. The Balaban J connectivity index is 1.21. The Kier molecular flexibility index (Phi) is 7.34. The summed E-state index contributed by atoms with van der Waals surface area (Å²) in [5, 5.41) is 2.47. The van der Waals surface area contributed by atoms with Crippen LogP contribution in [0.15, 0.2) is 176 Å². The van der Waals surface area contributed by atoms with Crippen LogP contribution in [0.4, 0.5) is 0 Å². The van der Waals surface area contributed by atoms with Gasteiger partial charge in [-0.2, -0.15) is 0 Å². The molecule has 49 heavy (non-hydrogen) atoms. The van der Waals surface area contributed by atoms with Crippen molar-refractivity contribution in [2.24, 2.45) is 0 Å². The van der Waals surface area contributed by atoms with E-state index in [9.17, 15) is 0 Å². The van der Waals surface area contributed by atoms with Gasteiger partial charge in [0.15, 0.2) is 17.5 Å². The fourth-order valence-corrected chi connectivity index (χ4v) is 7.70. The zero-order chi connectivity index (χ0) is 32.6. The van der Waals surface area contributed by atoms with Gasteiger partial charge in [-0.25, -0.2) is 15.0 Å². The maximum Gasteiger partial charge on any atom is 0.165 e. The van der Waals surface area contributed by atoms with Gasteiger partial charge in [0.1, 0.15) is 0 Å². The molecule has 0 aliphatic heterocycles. The minimum Gasteiger partial charge on any atom is -0.208 e. The Hall–Kier alpha value is -6.23. The lowest BCUT2D eigenvalue weighted by atomic mass is 9.98. The molecule has 0 radical (unpaired) electrons. The maximum absolute atomic E-state index is 5.18. The fraction of sp³-hybridized carbons (Fsp3) is 0. The average Bonchev–Trinajstić information content (AvgIpc) is 3.58. The Morgan fingerprint density at radius 1 is 0.306 bits per heavy atom. The lowest BCUT2D eigenvalue weighted by Crippen LogP contribution is -2.00. The summed E-state index contributed by atoms with van der Waals surface area (Å²) >= 11 is 1.78. The van der Waals surface area contributed by atoms with Gasteiger partial charge >= 0.3 is 0 Å². The van der Waals surface area contributed by atoms with Gasteiger partial charge in [-0.3, -0.25) is 0 Å². The van der Waals surface area contributed by atoms with E-state index in [2.05, 4.69) is 164 Å². The second-order valence-corrected chi connectivity index (χ2v) is 13.1. The zero-order valence-corrected chi connectivity index (χ0v) is 27.3. The van der Waals surface area contributed by atoms with Gasteiger partial charge in [0.05, 0.1) is 0 Å². The van der Waals surface area contributed by atoms with Crippen molar-refractivity contribution in [1.29, 1.82) is 0 Å². The van der Waals surface area contributed by atoms with Gasteiger partial charge in [0.2, 0.25) is 0 Å². The number of nitrogens with zero attached hydrogens (tertiary/aromatic N) is 3. The van der Waals surface area contributed by atoms with Crippen molar-refractivity contribution in [3.63, 3.8) is 0 Å². The first-order chi connectivity index (χ1) is 24.3. The van der Waals surface area contributed by atoms with Crippen LogP contribution in [0.3, 0.4) is 0 Å². The summed E-state index contributed by atoms with van der Waals surface area (Å²) in [6.07, 6.45) is 0. The minimum absolute atomic E-state index is 0.643. The molecule has 0 atom stereocenters. The predicted octanol–water partition coefficient (Wildman–Crippen LogP) is 12.2. The first kappa shape index (κ1) is 29.0. The molecule has 2 aromatic heterocycles. The van der Waals surface area contributed by atoms with Gasteiger partial charge < -0.3 is 0 Å². The van der Waals surface area contributed by atoms with E-state index < -0.39 is 0 Å². The smallest absolute Gasteiger partial charge is 0.165 e. The van der Waals surface area contributed by atoms with Gasteiger partial charge in [-0.05, 0) is 63.7 Å². The normalized spacial score (nSPS) is 11.3. The van der Waals surface area contributed by atoms with Crippen molar-refractivity contribution in [3.05, 3.63) is 176 Å². The highest BCUT2D eigenvalue weighted by Gasteiger charge is 2.17. The Morgan fingerprint density at radius 2 is 0.714 bits per heavy atom. The van der Waals surface area contributed by atoms with Crippen molar-refractivity contribution in [3.8, 4) is 67.5 Å². The third-order valence-corrected chi connectivity index (χ3v) is 10.2. The molecule has 0 amide bonds. The molecule has 0 spiro atoms. The maximum atomic E-state index is 5.18. The van der Waals surface area contributed by atoms with Crippen LogP contribution in [-0.4, -0.2) is 15.0 Å². The van der Waals surface area contributed by atoms with Crippen molar-refractivity contribution in [2.75, 3.05) is 0 Å². The number of fused-ring (bicyclic) bond motifs is 3. The van der Waals surface area contributed by atoms with Crippen molar-refractivity contribution < 1.29 is 0 Å². The van der Waals surface area contributed by atoms with E-state index in [0.717, 1.165) is 38.9 Å². The van der Waals surface area contributed by atoms with Crippen LogP contribution in [-0.2, 0) is 0 Å². The fourth-order valence-electron chi connectivity index (χ4n) is 6.49. The second-order valence-electron chi connectivity index (χ2n) is 12.1. The summed E-state index contributed by atoms with van der Waals surface area (Å²) in [5.41, 5.74) is 9.79. The van der Waals surface area contributed by atoms with E-state index in [1.807, 2.05) is 12.1 Å². The zero-order valence-electron chi connectivity index (χ0n) is 26.5. The number of rotatable bonds is 6. The van der Waals surface area contributed by atoms with E-state index >= 15 is 0 Å². The summed E-state index contributed by atoms with van der Waals surface area (Å²) in [4.78, 5) is 15.5. The van der Waals surface area contributed by atoms with Gasteiger partial charge in [0.25, 0.3) is 0 Å². The third-order valence-electron chi connectivity index (χ3n) is 8.93. The molecule has 0 fully saturated rings. The van der Waals surface area contributed by atoms with Gasteiger partial charge in [-0.15, -0.1) is 11.3 Å². The molecule has 0 unspecified atom stereocenters. The number of hydrogen-bond acceptors (Lipinski definition) is 4. The molecular formula is C45H29N3S. The lowest BCUT2D eigenvalue weighted by Gasteiger charge is -2.11. The Bertz CT molecular complexity index is 2610. The summed E-state index contributed by atoms with van der Waals surface area (Å²) in [6, 6.07) is 61.6. The standard InChI is InChI=1S/C45H29N3S/c1-3-13-30(14-4-1)32-17-9-19-34(27-32)35-20-11-22-37(29-35)44-46-43(36-21-10-18-33(28-36)31-15-5-2-6-16-31)47-45(48-44)40-25-12-24-39-38-23-7-8-26-41(38)49-42(39)40/h1-29H. The van der Waals surface area contributed by atoms with Crippen LogP contribution in [0.1, 0.15) is 0 Å². The molecule has 9 aromatic rings. The van der Waals surface area contributed by atoms with Crippen LogP contribution in [0.5, 0.6) is 0 Å². The van der Waals surface area contributed by atoms with E-state index in [4.69, 9.17) is 15.0 Å². The van der Waals surface area contributed by atoms with Crippen LogP contribution >= 0.6 is 11.3 Å². The molecule has 0 saturated heterocycles. The molecule has 0 bridgehead atoms. The molecule has 2 heterocycles. The van der Waals surface area contributed by atoms with Crippen LogP contribution in [0.25, 0.3) is 87.7 Å². The summed E-state index contributed by atoms with van der Waals surface area (Å²) in [6.45, 7) is 0. The van der Waals surface area contributed by atoms with Crippen LogP contribution in [0, 0.1) is 0 Å². The lowest BCUT2D eigenvalue weighted by molar-refractivity contribution is 1.08. The van der Waals surface area contributed by atoms with E-state index in [1.54, 1.807) is 11.3 Å². The van der Waals surface area contributed by atoms with E-state index in [1.165, 1.54) is 31.3 Å². The van der Waals surface area contributed by atoms with E-state index in [-0.39, 0.29) is 0 Å². The number of aromatic nitrogens is 3. The topological polar surface area (TPSA) is 38.7 Å². The van der Waals surface area contributed by atoms with Crippen LogP contribution < -0.4 is 0 Å². The Labute approximate surface area is 288 Å². The van der Waals surface area contributed by atoms with Crippen molar-refractivity contribution in [2.45, 2.75) is 0 Å². The molecule has 230 valence electrons. The van der Waals surface area contributed by atoms with E-state index in [0.29, 0.717) is 17.5 Å². The highest BCUT2D eigenvalue weighted by atomic mass is 32.1. The summed E-state index contributed by atoms with van der Waals surface area (Å²) in [7, 11) is 0. The molecule has 7 aromatic carbocycles. The monoisotopic (exact) mass is 643 g/mol. The highest BCUT2D eigenvalue weighted by Crippen LogP contribution is 2.40. The number of benzene rings is 7. The first-order valence-electron chi connectivity index (χ1n) is 16.4. The second kappa shape index (κ2) is 12.4. The van der Waals surface area contributed by atoms with Crippen LogP contribution in [0.2, 0.25) is 0 Å². The molecule has 0 N–H and O–H groups in total. The number of thiophene rings is 1. The largest absolute Gasteiger partial charge is 0.208 e. The Morgan fingerprint density at radius 3 is 1.31 bits per heavy atom. The molecule has 9 rings (SSSR count). The van der Waals surface area contributed by atoms with Gasteiger partial charge in [0, 0.05) is 36.9 Å². The van der Waals surface area contributed by atoms with Crippen molar-refractivity contribution >= 4 is 31.5 Å². The summed E-state index contributed by atoms with van der Waals surface area (Å²) in [5.74, 6) is 1.95. The molecule has 0 saturated carbocycles.